The van der Waals surface area contributed by atoms with E-state index in [1.165, 1.54) is 0 Å². The van der Waals surface area contributed by atoms with Gasteiger partial charge in [-0.15, -0.1) is 0 Å². The standard InChI is InChI=1S/C17H22N2O2/c1-19(2)16-10-5-4-9-15(16)18-12-17(20)13-7-6-8-14(11-13)21-3/h4-11,17-18,20H,12H2,1-3H3. The quantitative estimate of drug-likeness (QED) is 0.857. The third kappa shape index (κ3) is 3.89. The van der Waals surface area contributed by atoms with Crippen molar-refractivity contribution in [2.45, 2.75) is 6.10 Å². The van der Waals surface area contributed by atoms with E-state index in [-0.39, 0.29) is 0 Å². The van der Waals surface area contributed by atoms with Crippen LogP contribution in [0.25, 0.3) is 0 Å². The largest absolute Gasteiger partial charge is 0.497 e. The molecular weight excluding hydrogens is 264 g/mol. The summed E-state index contributed by atoms with van der Waals surface area (Å²) < 4.78 is 5.18. The number of rotatable bonds is 6. The minimum absolute atomic E-state index is 0.442. The number of nitrogens with one attached hydrogen (secondary N) is 1. The van der Waals surface area contributed by atoms with Crippen LogP contribution in [0, 0.1) is 0 Å². The highest BCUT2D eigenvalue weighted by molar-refractivity contribution is 5.69. The van der Waals surface area contributed by atoms with E-state index in [9.17, 15) is 5.11 Å². The van der Waals surface area contributed by atoms with Crippen LogP contribution in [-0.2, 0) is 0 Å². The van der Waals surface area contributed by atoms with Crippen LogP contribution in [0.4, 0.5) is 11.4 Å². The minimum atomic E-state index is -0.588. The third-order valence-electron chi connectivity index (χ3n) is 3.35. The van der Waals surface area contributed by atoms with Crippen molar-refractivity contribution in [1.82, 2.24) is 0 Å². The van der Waals surface area contributed by atoms with Gasteiger partial charge >= 0.3 is 0 Å². The number of benzene rings is 2. The molecule has 1 unspecified atom stereocenters. The Labute approximate surface area is 126 Å². The van der Waals surface area contributed by atoms with Crippen molar-refractivity contribution in [3.05, 3.63) is 54.1 Å². The first-order chi connectivity index (χ1) is 10.1. The van der Waals surface area contributed by atoms with Crippen molar-refractivity contribution in [2.75, 3.05) is 38.0 Å². The second-order valence-corrected chi connectivity index (χ2v) is 5.08. The number of para-hydroxylation sites is 2. The lowest BCUT2D eigenvalue weighted by Gasteiger charge is -2.20. The number of aliphatic hydroxyl groups excluding tert-OH is 1. The molecule has 0 heterocycles. The fourth-order valence-electron chi connectivity index (χ4n) is 2.19. The molecule has 0 saturated carbocycles. The molecule has 2 aromatic carbocycles. The maximum absolute atomic E-state index is 10.3. The maximum atomic E-state index is 10.3. The van der Waals surface area contributed by atoms with Crippen molar-refractivity contribution in [3.8, 4) is 5.75 Å². The lowest BCUT2D eigenvalue weighted by molar-refractivity contribution is 0.191. The summed E-state index contributed by atoms with van der Waals surface area (Å²) in [5, 5.41) is 13.6. The van der Waals surface area contributed by atoms with Crippen molar-refractivity contribution in [2.24, 2.45) is 0 Å². The van der Waals surface area contributed by atoms with Crippen LogP contribution in [0.2, 0.25) is 0 Å². The van der Waals surface area contributed by atoms with Crippen molar-refractivity contribution < 1.29 is 9.84 Å². The molecule has 4 heteroatoms. The Bertz CT molecular complexity index is 585. The monoisotopic (exact) mass is 286 g/mol. The van der Waals surface area contributed by atoms with Gasteiger partial charge in [-0.05, 0) is 29.8 Å². The van der Waals surface area contributed by atoms with Crippen molar-refractivity contribution >= 4 is 11.4 Å². The molecule has 0 aliphatic carbocycles. The Morgan fingerprint density at radius 2 is 1.90 bits per heavy atom. The Balaban J connectivity index is 2.05. The average Bonchev–Trinajstić information content (AvgIpc) is 2.52. The summed E-state index contributed by atoms with van der Waals surface area (Å²) in [6, 6.07) is 15.5. The molecule has 2 rings (SSSR count). The van der Waals surface area contributed by atoms with Gasteiger partial charge in [0.05, 0.1) is 24.6 Å². The topological polar surface area (TPSA) is 44.7 Å². The highest BCUT2D eigenvalue weighted by atomic mass is 16.5. The van der Waals surface area contributed by atoms with Gasteiger partial charge in [0.1, 0.15) is 5.75 Å². The molecule has 2 N–H and O–H groups in total. The van der Waals surface area contributed by atoms with E-state index in [4.69, 9.17) is 4.74 Å². The van der Waals surface area contributed by atoms with Gasteiger partial charge in [0.15, 0.2) is 0 Å². The minimum Gasteiger partial charge on any atom is -0.497 e. The van der Waals surface area contributed by atoms with Gasteiger partial charge in [-0.1, -0.05) is 24.3 Å². The Hall–Kier alpha value is -2.20. The number of hydrogen-bond donors (Lipinski definition) is 2. The van der Waals surface area contributed by atoms with Gasteiger partial charge in [0.25, 0.3) is 0 Å². The summed E-state index contributed by atoms with van der Waals surface area (Å²) in [6.45, 7) is 0.442. The van der Waals surface area contributed by atoms with Crippen molar-refractivity contribution in [3.63, 3.8) is 0 Å². The Morgan fingerprint density at radius 1 is 1.14 bits per heavy atom. The van der Waals surface area contributed by atoms with Gasteiger partial charge < -0.3 is 20.1 Å². The lowest BCUT2D eigenvalue weighted by Crippen LogP contribution is -2.16. The summed E-state index contributed by atoms with van der Waals surface area (Å²) in [5.41, 5.74) is 2.93. The number of anilines is 2. The molecule has 0 saturated heterocycles. The van der Waals surface area contributed by atoms with Gasteiger partial charge in [-0.25, -0.2) is 0 Å². The van der Waals surface area contributed by atoms with E-state index in [2.05, 4.69) is 5.32 Å². The predicted molar refractivity (Wildman–Crippen MR) is 87.2 cm³/mol. The first kappa shape index (κ1) is 15.2. The van der Waals surface area contributed by atoms with E-state index in [0.29, 0.717) is 6.54 Å². The zero-order chi connectivity index (χ0) is 15.2. The number of aliphatic hydroxyl groups is 1. The number of methoxy groups -OCH3 is 1. The summed E-state index contributed by atoms with van der Waals surface area (Å²) in [5.74, 6) is 0.750. The molecule has 0 aromatic heterocycles. The van der Waals surface area contributed by atoms with Gasteiger partial charge in [-0.2, -0.15) is 0 Å². The molecule has 0 aliphatic rings. The van der Waals surface area contributed by atoms with Crippen LogP contribution in [0.15, 0.2) is 48.5 Å². The number of ether oxygens (including phenoxy) is 1. The van der Waals surface area contributed by atoms with Crippen LogP contribution < -0.4 is 15.0 Å². The van der Waals surface area contributed by atoms with E-state index in [1.54, 1.807) is 7.11 Å². The second kappa shape index (κ2) is 6.99. The van der Waals surface area contributed by atoms with E-state index >= 15 is 0 Å². The smallest absolute Gasteiger partial charge is 0.119 e. The SMILES string of the molecule is COc1cccc(C(O)CNc2ccccc2N(C)C)c1. The molecule has 21 heavy (non-hydrogen) atoms. The normalized spacial score (nSPS) is 11.8. The summed E-state index contributed by atoms with van der Waals surface area (Å²) >= 11 is 0. The highest BCUT2D eigenvalue weighted by Gasteiger charge is 2.10. The Kier molecular flexibility index (Phi) is 5.06. The molecule has 0 amide bonds. The van der Waals surface area contributed by atoms with Gasteiger partial charge in [-0.3, -0.25) is 0 Å². The first-order valence-corrected chi connectivity index (χ1v) is 6.94. The van der Waals surface area contributed by atoms with E-state index in [1.807, 2.05) is 67.5 Å². The molecule has 112 valence electrons. The lowest BCUT2D eigenvalue weighted by atomic mass is 10.1. The van der Waals surface area contributed by atoms with Crippen LogP contribution in [0.5, 0.6) is 5.75 Å². The molecule has 4 nitrogen and oxygen atoms in total. The maximum Gasteiger partial charge on any atom is 0.119 e. The molecule has 0 spiro atoms. The Morgan fingerprint density at radius 3 is 2.62 bits per heavy atom. The fourth-order valence-corrected chi connectivity index (χ4v) is 2.19. The summed E-state index contributed by atoms with van der Waals surface area (Å²) in [7, 11) is 5.62. The molecule has 0 aliphatic heterocycles. The van der Waals surface area contributed by atoms with E-state index in [0.717, 1.165) is 22.7 Å². The molecule has 0 fully saturated rings. The predicted octanol–water partition coefficient (Wildman–Crippen LogP) is 2.91. The van der Waals surface area contributed by atoms with Gasteiger partial charge in [0, 0.05) is 20.6 Å². The number of nitrogens with zero attached hydrogens (tertiary/aromatic N) is 1. The molecule has 2 aromatic rings. The summed E-state index contributed by atoms with van der Waals surface area (Å²) in [6.07, 6.45) is -0.588. The highest BCUT2D eigenvalue weighted by Crippen LogP contribution is 2.25. The fraction of sp³-hybridized carbons (Fsp3) is 0.294. The van der Waals surface area contributed by atoms with E-state index < -0.39 is 6.10 Å². The van der Waals surface area contributed by atoms with Gasteiger partial charge in [0.2, 0.25) is 0 Å². The molecular formula is C17H22N2O2. The zero-order valence-electron chi connectivity index (χ0n) is 12.7. The third-order valence-corrected chi connectivity index (χ3v) is 3.35. The van der Waals surface area contributed by atoms with Crippen LogP contribution in [0.3, 0.4) is 0 Å². The summed E-state index contributed by atoms with van der Waals surface area (Å²) in [4.78, 5) is 2.04. The van der Waals surface area contributed by atoms with Crippen LogP contribution in [0.1, 0.15) is 11.7 Å². The molecule has 0 bridgehead atoms. The van der Waals surface area contributed by atoms with Crippen LogP contribution >= 0.6 is 0 Å². The number of hydrogen-bond acceptors (Lipinski definition) is 4. The zero-order valence-corrected chi connectivity index (χ0v) is 12.7. The molecule has 0 radical (unpaired) electrons. The van der Waals surface area contributed by atoms with Crippen molar-refractivity contribution in [1.29, 1.82) is 0 Å². The van der Waals surface area contributed by atoms with Crippen LogP contribution in [-0.4, -0.2) is 32.9 Å². The molecule has 1 atom stereocenters. The second-order valence-electron chi connectivity index (χ2n) is 5.08. The first-order valence-electron chi connectivity index (χ1n) is 6.94. The average molecular weight is 286 g/mol.